The molecular weight excluding hydrogens is 326 g/mol. The fourth-order valence-corrected chi connectivity index (χ4v) is 2.91. The summed E-state index contributed by atoms with van der Waals surface area (Å²) in [5.41, 5.74) is 2.09. The molecule has 0 radical (unpaired) electrons. The predicted octanol–water partition coefficient (Wildman–Crippen LogP) is 3.27. The summed E-state index contributed by atoms with van der Waals surface area (Å²) < 4.78 is 7.24. The lowest BCUT2D eigenvalue weighted by Gasteiger charge is -2.20. The molecule has 0 saturated carbocycles. The van der Waals surface area contributed by atoms with Crippen molar-refractivity contribution in [1.29, 1.82) is 0 Å². The van der Waals surface area contributed by atoms with Crippen molar-refractivity contribution < 1.29 is 9.53 Å². The van der Waals surface area contributed by atoms with Gasteiger partial charge in [-0.15, -0.1) is 0 Å². The molecule has 5 nitrogen and oxygen atoms in total. The number of carbonyl (C=O) groups is 1. The number of aryl methyl sites for hydroxylation is 2. The zero-order valence-corrected chi connectivity index (χ0v) is 15.1. The number of hydrogen-bond donors (Lipinski definition) is 1. The Kier molecular flexibility index (Phi) is 5.69. The van der Waals surface area contributed by atoms with E-state index in [1.807, 2.05) is 72.4 Å². The SMILES string of the molecule is COc1cccc([C@@H](NC(=O)CCc2ccccc2)c2nccn2C)c1. The number of amides is 1. The molecule has 1 heterocycles. The van der Waals surface area contributed by atoms with Gasteiger partial charge in [-0.05, 0) is 29.7 Å². The molecular formula is C21H23N3O2. The van der Waals surface area contributed by atoms with E-state index in [0.29, 0.717) is 12.8 Å². The minimum absolute atomic E-state index is 0.00956. The maximum atomic E-state index is 12.6. The molecule has 2 aromatic carbocycles. The first-order valence-corrected chi connectivity index (χ1v) is 8.62. The molecule has 5 heteroatoms. The van der Waals surface area contributed by atoms with E-state index in [9.17, 15) is 4.79 Å². The lowest BCUT2D eigenvalue weighted by molar-refractivity contribution is -0.121. The van der Waals surface area contributed by atoms with Crippen molar-refractivity contribution in [3.05, 3.63) is 83.9 Å². The van der Waals surface area contributed by atoms with Gasteiger partial charge >= 0.3 is 0 Å². The van der Waals surface area contributed by atoms with Gasteiger partial charge in [0, 0.05) is 25.9 Å². The highest BCUT2D eigenvalue weighted by Crippen LogP contribution is 2.24. The van der Waals surface area contributed by atoms with Gasteiger partial charge in [-0.2, -0.15) is 0 Å². The average Bonchev–Trinajstić information content (AvgIpc) is 3.11. The first-order chi connectivity index (χ1) is 12.7. The predicted molar refractivity (Wildman–Crippen MR) is 101 cm³/mol. The van der Waals surface area contributed by atoms with E-state index in [-0.39, 0.29) is 11.9 Å². The number of nitrogens with one attached hydrogen (secondary N) is 1. The van der Waals surface area contributed by atoms with Crippen molar-refractivity contribution in [2.75, 3.05) is 7.11 Å². The van der Waals surface area contributed by atoms with Gasteiger partial charge in [-0.25, -0.2) is 4.98 Å². The third-order valence-electron chi connectivity index (χ3n) is 4.33. The Morgan fingerprint density at radius 3 is 2.69 bits per heavy atom. The molecule has 3 rings (SSSR count). The standard InChI is InChI=1S/C21H23N3O2/c1-24-14-13-22-21(24)20(17-9-6-10-18(15-17)26-2)23-19(25)12-11-16-7-4-3-5-8-16/h3-10,13-15,20H,11-12H2,1-2H3,(H,23,25)/t20-/m1/s1. The first kappa shape index (κ1) is 17.7. The van der Waals surface area contributed by atoms with Crippen LogP contribution in [-0.2, 0) is 18.3 Å². The van der Waals surface area contributed by atoms with Gasteiger partial charge in [0.1, 0.15) is 17.6 Å². The Bertz CT molecular complexity index is 858. The van der Waals surface area contributed by atoms with E-state index in [1.165, 1.54) is 0 Å². The third kappa shape index (κ3) is 4.30. The number of benzene rings is 2. The third-order valence-corrected chi connectivity index (χ3v) is 4.33. The number of hydrogen-bond acceptors (Lipinski definition) is 3. The molecule has 26 heavy (non-hydrogen) atoms. The van der Waals surface area contributed by atoms with E-state index >= 15 is 0 Å². The molecule has 0 aliphatic rings. The summed E-state index contributed by atoms with van der Waals surface area (Å²) in [4.78, 5) is 17.0. The number of rotatable bonds is 7. The topological polar surface area (TPSA) is 56.1 Å². The summed E-state index contributed by atoms with van der Waals surface area (Å²) in [7, 11) is 3.55. The van der Waals surface area contributed by atoms with Crippen LogP contribution in [0.15, 0.2) is 67.0 Å². The smallest absolute Gasteiger partial charge is 0.221 e. The summed E-state index contributed by atoms with van der Waals surface area (Å²) in [5, 5.41) is 3.12. The highest BCUT2D eigenvalue weighted by molar-refractivity contribution is 5.77. The molecule has 0 saturated heterocycles. The van der Waals surface area contributed by atoms with Crippen LogP contribution in [-0.4, -0.2) is 22.6 Å². The monoisotopic (exact) mass is 349 g/mol. The Balaban J connectivity index is 1.77. The Morgan fingerprint density at radius 1 is 1.19 bits per heavy atom. The number of nitrogens with zero attached hydrogens (tertiary/aromatic N) is 2. The molecule has 0 aliphatic carbocycles. The van der Waals surface area contributed by atoms with Gasteiger partial charge in [0.25, 0.3) is 0 Å². The van der Waals surface area contributed by atoms with Crippen LogP contribution in [0.5, 0.6) is 5.75 Å². The summed E-state index contributed by atoms with van der Waals surface area (Å²) in [6, 6.07) is 17.4. The van der Waals surface area contributed by atoms with Crippen LogP contribution in [0, 0.1) is 0 Å². The molecule has 0 spiro atoms. The van der Waals surface area contributed by atoms with Crippen LogP contribution in [0.25, 0.3) is 0 Å². The van der Waals surface area contributed by atoms with Crippen LogP contribution in [0.4, 0.5) is 0 Å². The molecule has 0 unspecified atom stereocenters. The Labute approximate surface area is 153 Å². The zero-order chi connectivity index (χ0) is 18.4. The van der Waals surface area contributed by atoms with Crippen molar-refractivity contribution in [2.24, 2.45) is 7.05 Å². The van der Waals surface area contributed by atoms with Crippen molar-refractivity contribution in [1.82, 2.24) is 14.9 Å². The molecule has 1 aromatic heterocycles. The highest BCUT2D eigenvalue weighted by Gasteiger charge is 2.21. The second-order valence-electron chi connectivity index (χ2n) is 6.16. The minimum atomic E-state index is -0.326. The van der Waals surface area contributed by atoms with Crippen LogP contribution in [0.3, 0.4) is 0 Å². The zero-order valence-electron chi connectivity index (χ0n) is 15.1. The molecule has 134 valence electrons. The molecule has 0 fully saturated rings. The normalized spacial score (nSPS) is 11.8. The van der Waals surface area contributed by atoms with E-state index in [2.05, 4.69) is 10.3 Å². The van der Waals surface area contributed by atoms with Crippen LogP contribution < -0.4 is 10.1 Å². The number of imidazole rings is 1. The molecule has 1 atom stereocenters. The van der Waals surface area contributed by atoms with Crippen LogP contribution >= 0.6 is 0 Å². The lowest BCUT2D eigenvalue weighted by Crippen LogP contribution is -2.31. The van der Waals surface area contributed by atoms with Gasteiger partial charge < -0.3 is 14.6 Å². The van der Waals surface area contributed by atoms with Gasteiger partial charge in [0.15, 0.2) is 0 Å². The maximum Gasteiger partial charge on any atom is 0.221 e. The van der Waals surface area contributed by atoms with E-state index in [0.717, 1.165) is 22.7 Å². The largest absolute Gasteiger partial charge is 0.497 e. The summed E-state index contributed by atoms with van der Waals surface area (Å²) in [6.45, 7) is 0. The number of aromatic nitrogens is 2. The maximum absolute atomic E-state index is 12.6. The Morgan fingerprint density at radius 2 is 2.00 bits per heavy atom. The first-order valence-electron chi connectivity index (χ1n) is 8.62. The van der Waals surface area contributed by atoms with Gasteiger partial charge in [0.05, 0.1) is 7.11 Å². The van der Waals surface area contributed by atoms with Gasteiger partial charge in [-0.3, -0.25) is 4.79 Å². The second-order valence-corrected chi connectivity index (χ2v) is 6.16. The quantitative estimate of drug-likeness (QED) is 0.712. The van der Waals surface area contributed by atoms with Crippen LogP contribution in [0.2, 0.25) is 0 Å². The summed E-state index contributed by atoms with van der Waals surface area (Å²) >= 11 is 0. The van der Waals surface area contributed by atoms with E-state index in [1.54, 1.807) is 13.3 Å². The summed E-state index contributed by atoms with van der Waals surface area (Å²) in [5.74, 6) is 1.52. The number of methoxy groups -OCH3 is 1. The molecule has 1 N–H and O–H groups in total. The van der Waals surface area contributed by atoms with E-state index in [4.69, 9.17) is 4.74 Å². The molecule has 1 amide bonds. The number of carbonyl (C=O) groups excluding carboxylic acids is 1. The van der Waals surface area contributed by atoms with Gasteiger partial charge in [-0.1, -0.05) is 42.5 Å². The molecule has 0 aliphatic heterocycles. The fourth-order valence-electron chi connectivity index (χ4n) is 2.91. The second kappa shape index (κ2) is 8.34. The van der Waals surface area contributed by atoms with Crippen molar-refractivity contribution >= 4 is 5.91 Å². The lowest BCUT2D eigenvalue weighted by atomic mass is 10.0. The van der Waals surface area contributed by atoms with E-state index < -0.39 is 0 Å². The fraction of sp³-hybridized carbons (Fsp3) is 0.238. The Hall–Kier alpha value is -3.08. The number of ether oxygens (including phenoxy) is 1. The minimum Gasteiger partial charge on any atom is -0.497 e. The molecule has 3 aromatic rings. The summed E-state index contributed by atoms with van der Waals surface area (Å²) in [6.07, 6.45) is 4.74. The van der Waals surface area contributed by atoms with Crippen LogP contribution in [0.1, 0.15) is 29.4 Å². The highest BCUT2D eigenvalue weighted by atomic mass is 16.5. The molecule has 0 bridgehead atoms. The average molecular weight is 349 g/mol. The van der Waals surface area contributed by atoms with Crippen molar-refractivity contribution in [3.8, 4) is 5.75 Å². The van der Waals surface area contributed by atoms with Gasteiger partial charge in [0.2, 0.25) is 5.91 Å². The van der Waals surface area contributed by atoms with Crippen molar-refractivity contribution in [2.45, 2.75) is 18.9 Å². The van der Waals surface area contributed by atoms with Crippen molar-refractivity contribution in [3.63, 3.8) is 0 Å².